The van der Waals surface area contributed by atoms with Crippen LogP contribution in [0.1, 0.15) is 20.3 Å². The van der Waals surface area contributed by atoms with Gasteiger partial charge in [-0.25, -0.2) is 0 Å². The minimum absolute atomic E-state index is 0.317. The van der Waals surface area contributed by atoms with Crippen LogP contribution in [-0.4, -0.2) is 73.9 Å². The summed E-state index contributed by atoms with van der Waals surface area (Å²) in [7, 11) is 3.88. The average Bonchev–Trinajstić information content (AvgIpc) is 2.55. The highest BCUT2D eigenvalue weighted by Crippen LogP contribution is 2.23. The number of aliphatic hydroxyl groups is 1. The Labute approximate surface area is 146 Å². The van der Waals surface area contributed by atoms with Crippen molar-refractivity contribution in [3.8, 4) is 5.75 Å². The van der Waals surface area contributed by atoms with Crippen LogP contribution in [0.2, 0.25) is 0 Å². The van der Waals surface area contributed by atoms with Crippen molar-refractivity contribution in [3.05, 3.63) is 24.3 Å². The van der Waals surface area contributed by atoms with Crippen molar-refractivity contribution in [1.82, 2.24) is 9.80 Å². The quantitative estimate of drug-likeness (QED) is 0.762. The zero-order chi connectivity index (χ0) is 17.5. The van der Waals surface area contributed by atoms with E-state index in [0.717, 1.165) is 18.0 Å². The number of hydrogen-bond donors (Lipinski definition) is 2. The Morgan fingerprint density at radius 1 is 1.33 bits per heavy atom. The van der Waals surface area contributed by atoms with E-state index in [2.05, 4.69) is 36.2 Å². The lowest BCUT2D eigenvalue weighted by Gasteiger charge is -2.37. The van der Waals surface area contributed by atoms with Gasteiger partial charge in [-0.2, -0.15) is 0 Å². The molecule has 0 bridgehead atoms. The summed E-state index contributed by atoms with van der Waals surface area (Å²) in [6.45, 7) is 8.95. The number of nitrogens with one attached hydrogen (secondary N) is 1. The van der Waals surface area contributed by atoms with E-state index in [0.29, 0.717) is 25.1 Å². The van der Waals surface area contributed by atoms with Crippen LogP contribution in [0.15, 0.2) is 24.3 Å². The summed E-state index contributed by atoms with van der Waals surface area (Å²) in [5, 5.41) is 13.5. The van der Waals surface area contributed by atoms with Crippen LogP contribution in [0.3, 0.4) is 0 Å². The maximum absolute atomic E-state index is 9.84. The maximum Gasteiger partial charge on any atom is 0.119 e. The Balaban J connectivity index is 1.79. The smallest absolute Gasteiger partial charge is 0.119 e. The summed E-state index contributed by atoms with van der Waals surface area (Å²) < 4.78 is 5.65. The van der Waals surface area contributed by atoms with Crippen molar-refractivity contribution in [3.63, 3.8) is 0 Å². The molecule has 1 aliphatic rings. The molecule has 0 spiro atoms. The second-order valence-electron chi connectivity index (χ2n) is 7.16. The molecule has 24 heavy (non-hydrogen) atoms. The van der Waals surface area contributed by atoms with E-state index in [9.17, 15) is 5.11 Å². The number of ether oxygens (including phenoxy) is 1. The monoisotopic (exact) mass is 335 g/mol. The van der Waals surface area contributed by atoms with E-state index in [1.165, 1.54) is 19.5 Å². The third-order valence-corrected chi connectivity index (χ3v) is 4.66. The number of rotatable bonds is 8. The number of anilines is 1. The van der Waals surface area contributed by atoms with E-state index in [-0.39, 0.29) is 0 Å². The van der Waals surface area contributed by atoms with E-state index in [1.807, 2.05) is 31.1 Å². The molecule has 2 rings (SSSR count). The van der Waals surface area contributed by atoms with E-state index in [4.69, 9.17) is 4.74 Å². The first-order valence-corrected chi connectivity index (χ1v) is 9.02. The molecule has 1 aromatic carbocycles. The molecule has 5 heteroatoms. The van der Waals surface area contributed by atoms with Gasteiger partial charge in [0.05, 0.1) is 0 Å². The summed E-state index contributed by atoms with van der Waals surface area (Å²) >= 11 is 0. The second kappa shape index (κ2) is 9.25. The average molecular weight is 335 g/mol. The fourth-order valence-electron chi connectivity index (χ4n) is 3.26. The van der Waals surface area contributed by atoms with Gasteiger partial charge in [0.1, 0.15) is 18.5 Å². The molecule has 3 unspecified atom stereocenters. The number of aliphatic hydroxyl groups excluding tert-OH is 1. The highest BCUT2D eigenvalue weighted by atomic mass is 16.5. The summed E-state index contributed by atoms with van der Waals surface area (Å²) in [4.78, 5) is 4.46. The molecule has 0 amide bonds. The molecule has 136 valence electrons. The van der Waals surface area contributed by atoms with Crippen molar-refractivity contribution < 1.29 is 9.84 Å². The normalized spacial score (nSPS) is 23.2. The summed E-state index contributed by atoms with van der Waals surface area (Å²) in [5.74, 6) is 1.45. The molecular weight excluding hydrogens is 302 g/mol. The summed E-state index contributed by atoms with van der Waals surface area (Å²) in [6.07, 6.45) is 0.715. The van der Waals surface area contributed by atoms with Gasteiger partial charge in [0, 0.05) is 31.4 Å². The van der Waals surface area contributed by atoms with Gasteiger partial charge in [0.15, 0.2) is 0 Å². The van der Waals surface area contributed by atoms with Crippen LogP contribution >= 0.6 is 0 Å². The molecule has 1 aromatic rings. The van der Waals surface area contributed by atoms with Crippen LogP contribution in [0.4, 0.5) is 5.69 Å². The molecule has 2 N–H and O–H groups in total. The lowest BCUT2D eigenvalue weighted by Crippen LogP contribution is -2.44. The Hall–Kier alpha value is -1.30. The molecule has 0 radical (unpaired) electrons. The van der Waals surface area contributed by atoms with E-state index < -0.39 is 6.10 Å². The zero-order valence-electron chi connectivity index (χ0n) is 15.5. The molecule has 5 nitrogen and oxygen atoms in total. The first-order chi connectivity index (χ1) is 11.5. The topological polar surface area (TPSA) is 48.0 Å². The van der Waals surface area contributed by atoms with Gasteiger partial charge >= 0.3 is 0 Å². The zero-order valence-corrected chi connectivity index (χ0v) is 15.5. The predicted molar refractivity (Wildman–Crippen MR) is 99.8 cm³/mol. The Bertz CT molecular complexity index is 478. The van der Waals surface area contributed by atoms with Crippen LogP contribution in [0, 0.1) is 5.92 Å². The second-order valence-corrected chi connectivity index (χ2v) is 7.16. The van der Waals surface area contributed by atoms with Gasteiger partial charge in [0.25, 0.3) is 0 Å². The highest BCUT2D eigenvalue weighted by Gasteiger charge is 2.24. The number of hydrogen-bond acceptors (Lipinski definition) is 5. The maximum atomic E-state index is 9.84. The van der Waals surface area contributed by atoms with Gasteiger partial charge in [0.2, 0.25) is 0 Å². The molecule has 1 saturated heterocycles. The number of likely N-dealkylation sites (N-methyl/N-ethyl adjacent to an activating group) is 1. The third-order valence-electron chi connectivity index (χ3n) is 4.66. The third kappa shape index (κ3) is 5.96. The van der Waals surface area contributed by atoms with Crippen molar-refractivity contribution in [1.29, 1.82) is 0 Å². The lowest BCUT2D eigenvalue weighted by molar-refractivity contribution is 0.0831. The molecule has 1 aliphatic heterocycles. The highest BCUT2D eigenvalue weighted by molar-refractivity contribution is 5.47. The Morgan fingerprint density at radius 3 is 2.62 bits per heavy atom. The molecule has 0 saturated carbocycles. The fraction of sp³-hybridized carbons (Fsp3) is 0.684. The SMILES string of the molecule is CCN1CCC(Nc2ccc(OCC(O)CN(C)C)cc2)C(C)C1. The molecule has 0 aliphatic carbocycles. The fourth-order valence-corrected chi connectivity index (χ4v) is 3.26. The van der Waals surface area contributed by atoms with Crippen molar-refractivity contribution in [2.75, 3.05) is 52.2 Å². The summed E-state index contributed by atoms with van der Waals surface area (Å²) in [5.41, 5.74) is 1.14. The van der Waals surface area contributed by atoms with Gasteiger partial charge in [-0.15, -0.1) is 0 Å². The number of benzene rings is 1. The Morgan fingerprint density at radius 2 is 2.04 bits per heavy atom. The van der Waals surface area contributed by atoms with Gasteiger partial charge < -0.3 is 25.0 Å². The Kier molecular flexibility index (Phi) is 7.34. The van der Waals surface area contributed by atoms with Crippen molar-refractivity contribution in [2.24, 2.45) is 5.92 Å². The van der Waals surface area contributed by atoms with Crippen LogP contribution in [0.5, 0.6) is 5.75 Å². The molecule has 3 atom stereocenters. The number of piperidine rings is 1. The molecular formula is C19H33N3O2. The molecule has 1 heterocycles. The van der Waals surface area contributed by atoms with Crippen molar-refractivity contribution >= 4 is 5.69 Å². The van der Waals surface area contributed by atoms with Gasteiger partial charge in [-0.05, 0) is 57.2 Å². The minimum atomic E-state index is -0.470. The first-order valence-electron chi connectivity index (χ1n) is 9.02. The van der Waals surface area contributed by atoms with Crippen LogP contribution in [-0.2, 0) is 0 Å². The largest absolute Gasteiger partial charge is 0.491 e. The van der Waals surface area contributed by atoms with Gasteiger partial charge in [-0.1, -0.05) is 13.8 Å². The van der Waals surface area contributed by atoms with E-state index in [1.54, 1.807) is 0 Å². The molecule has 0 aromatic heterocycles. The number of nitrogens with zero attached hydrogens (tertiary/aromatic N) is 2. The minimum Gasteiger partial charge on any atom is -0.491 e. The summed E-state index contributed by atoms with van der Waals surface area (Å²) in [6, 6.07) is 8.59. The van der Waals surface area contributed by atoms with Crippen LogP contribution in [0.25, 0.3) is 0 Å². The van der Waals surface area contributed by atoms with Gasteiger partial charge in [-0.3, -0.25) is 0 Å². The predicted octanol–water partition coefficient (Wildman–Crippen LogP) is 2.13. The molecule has 1 fully saturated rings. The van der Waals surface area contributed by atoms with Crippen LogP contribution < -0.4 is 10.1 Å². The van der Waals surface area contributed by atoms with Crippen molar-refractivity contribution in [2.45, 2.75) is 32.4 Å². The first kappa shape index (κ1) is 19.0. The lowest BCUT2D eigenvalue weighted by atomic mass is 9.93. The standard InChI is InChI=1S/C19H33N3O2/c1-5-22-11-10-19(15(2)12-22)20-16-6-8-18(9-7-16)24-14-17(23)13-21(3)4/h6-9,15,17,19-20,23H,5,10-14H2,1-4H3. The number of likely N-dealkylation sites (tertiary alicyclic amines) is 1. The van der Waals surface area contributed by atoms with E-state index >= 15 is 0 Å².